The molecule has 0 radical (unpaired) electrons. The summed E-state index contributed by atoms with van der Waals surface area (Å²) in [5.74, 6) is -1.79. The highest BCUT2D eigenvalue weighted by atomic mass is 19.1. The van der Waals surface area contributed by atoms with Gasteiger partial charge in [-0.1, -0.05) is 36.4 Å². The van der Waals surface area contributed by atoms with E-state index < -0.39 is 23.2 Å². The van der Waals surface area contributed by atoms with Gasteiger partial charge in [0.2, 0.25) is 0 Å². The van der Waals surface area contributed by atoms with E-state index in [4.69, 9.17) is 4.74 Å². The summed E-state index contributed by atoms with van der Waals surface area (Å²) < 4.78 is 32.3. The summed E-state index contributed by atoms with van der Waals surface area (Å²) in [6, 6.07) is 16.5. The highest BCUT2D eigenvalue weighted by Crippen LogP contribution is 2.21. The topological polar surface area (TPSA) is 38.3 Å². The molecule has 3 aromatic carbocycles. The van der Waals surface area contributed by atoms with E-state index in [0.717, 1.165) is 22.9 Å². The fourth-order valence-corrected chi connectivity index (χ4v) is 2.20. The maximum atomic E-state index is 13.5. The zero-order chi connectivity index (χ0) is 16.2. The Hall–Kier alpha value is -2.95. The molecule has 0 aliphatic rings. The predicted octanol–water partition coefficient (Wildman–Crippen LogP) is 4.14. The number of fused-ring (bicyclic) bond motifs is 1. The first-order valence-electron chi connectivity index (χ1n) is 6.99. The first-order valence-corrected chi connectivity index (χ1v) is 6.99. The minimum absolute atomic E-state index is 0.341. The summed E-state index contributed by atoms with van der Waals surface area (Å²) in [6.45, 7) is -0.341. The molecule has 1 N–H and O–H groups in total. The van der Waals surface area contributed by atoms with E-state index in [0.29, 0.717) is 5.75 Å². The minimum Gasteiger partial charge on any atom is -0.484 e. The molecule has 0 aliphatic carbocycles. The SMILES string of the molecule is O=C(COc1ccc2ccccc2c1)Nc1c(F)cccc1F. The first-order chi connectivity index (χ1) is 11.1. The summed E-state index contributed by atoms with van der Waals surface area (Å²) in [4.78, 5) is 11.8. The zero-order valence-electron chi connectivity index (χ0n) is 12.1. The number of carbonyl (C=O) groups is 1. The van der Waals surface area contributed by atoms with E-state index in [1.165, 1.54) is 6.07 Å². The second-order valence-corrected chi connectivity index (χ2v) is 4.94. The van der Waals surface area contributed by atoms with E-state index in [-0.39, 0.29) is 6.61 Å². The standard InChI is InChI=1S/C18H13F2NO2/c19-15-6-3-7-16(20)18(15)21-17(22)11-23-14-9-8-12-4-1-2-5-13(12)10-14/h1-10H,11H2,(H,21,22). The Kier molecular flexibility index (Phi) is 4.19. The molecule has 116 valence electrons. The van der Waals surface area contributed by atoms with Crippen molar-refractivity contribution in [1.29, 1.82) is 0 Å². The third-order valence-corrected chi connectivity index (χ3v) is 3.32. The molecular formula is C18H13F2NO2. The average Bonchev–Trinajstić information content (AvgIpc) is 2.56. The molecule has 0 aliphatic heterocycles. The molecule has 0 aromatic heterocycles. The lowest BCUT2D eigenvalue weighted by atomic mass is 10.1. The molecule has 0 bridgehead atoms. The van der Waals surface area contributed by atoms with Gasteiger partial charge in [0.15, 0.2) is 6.61 Å². The Bertz CT molecular complexity index is 844. The number of amides is 1. The summed E-state index contributed by atoms with van der Waals surface area (Å²) in [5, 5.41) is 4.20. The van der Waals surface area contributed by atoms with Crippen molar-refractivity contribution in [2.24, 2.45) is 0 Å². The van der Waals surface area contributed by atoms with Gasteiger partial charge in [-0.2, -0.15) is 0 Å². The molecule has 0 fully saturated rings. The van der Waals surface area contributed by atoms with Crippen molar-refractivity contribution in [2.45, 2.75) is 0 Å². The highest BCUT2D eigenvalue weighted by molar-refractivity contribution is 5.92. The number of nitrogens with one attached hydrogen (secondary N) is 1. The van der Waals surface area contributed by atoms with Crippen molar-refractivity contribution >= 4 is 22.4 Å². The molecule has 0 heterocycles. The maximum absolute atomic E-state index is 13.5. The number of carbonyl (C=O) groups excluding carboxylic acids is 1. The summed E-state index contributed by atoms with van der Waals surface area (Å²) in [5.41, 5.74) is -0.473. The van der Waals surface area contributed by atoms with E-state index in [1.54, 1.807) is 12.1 Å². The smallest absolute Gasteiger partial charge is 0.262 e. The highest BCUT2D eigenvalue weighted by Gasteiger charge is 2.12. The van der Waals surface area contributed by atoms with Gasteiger partial charge in [0.1, 0.15) is 23.1 Å². The number of benzene rings is 3. The van der Waals surface area contributed by atoms with E-state index in [9.17, 15) is 13.6 Å². The largest absolute Gasteiger partial charge is 0.484 e. The van der Waals surface area contributed by atoms with Crippen LogP contribution >= 0.6 is 0 Å². The Morgan fingerprint density at radius 3 is 2.35 bits per heavy atom. The van der Waals surface area contributed by atoms with Crippen LogP contribution in [0.3, 0.4) is 0 Å². The lowest BCUT2D eigenvalue weighted by Crippen LogP contribution is -2.21. The molecule has 3 rings (SSSR count). The molecular weight excluding hydrogens is 300 g/mol. The van der Waals surface area contributed by atoms with Crippen LogP contribution in [0, 0.1) is 11.6 Å². The number of rotatable bonds is 4. The average molecular weight is 313 g/mol. The van der Waals surface area contributed by atoms with E-state index >= 15 is 0 Å². The van der Waals surface area contributed by atoms with Gasteiger partial charge < -0.3 is 10.1 Å². The van der Waals surface area contributed by atoms with Crippen molar-refractivity contribution in [2.75, 3.05) is 11.9 Å². The van der Waals surface area contributed by atoms with Crippen molar-refractivity contribution in [1.82, 2.24) is 0 Å². The fourth-order valence-electron chi connectivity index (χ4n) is 2.20. The predicted molar refractivity (Wildman–Crippen MR) is 84.4 cm³/mol. The normalized spacial score (nSPS) is 10.5. The van der Waals surface area contributed by atoms with Crippen molar-refractivity contribution in [3.8, 4) is 5.75 Å². The number of ether oxygens (including phenoxy) is 1. The Morgan fingerprint density at radius 1 is 0.913 bits per heavy atom. The van der Waals surface area contributed by atoms with E-state index in [2.05, 4.69) is 5.32 Å². The fraction of sp³-hybridized carbons (Fsp3) is 0.0556. The van der Waals surface area contributed by atoms with Crippen LogP contribution in [0.4, 0.5) is 14.5 Å². The monoisotopic (exact) mass is 313 g/mol. The lowest BCUT2D eigenvalue weighted by molar-refractivity contribution is -0.118. The number of halogens is 2. The number of hydrogen-bond acceptors (Lipinski definition) is 2. The third kappa shape index (κ3) is 3.45. The summed E-state index contributed by atoms with van der Waals surface area (Å²) in [7, 11) is 0. The molecule has 23 heavy (non-hydrogen) atoms. The van der Waals surface area contributed by atoms with Crippen LogP contribution < -0.4 is 10.1 Å². The van der Waals surface area contributed by atoms with Gasteiger partial charge in [0.25, 0.3) is 5.91 Å². The molecule has 0 spiro atoms. The minimum atomic E-state index is -0.830. The molecule has 1 amide bonds. The second-order valence-electron chi connectivity index (χ2n) is 4.94. The number of para-hydroxylation sites is 1. The number of anilines is 1. The Labute approximate surface area is 131 Å². The van der Waals surface area contributed by atoms with Crippen LogP contribution in [0.25, 0.3) is 10.8 Å². The molecule has 3 aromatic rings. The molecule has 0 unspecified atom stereocenters. The second kappa shape index (κ2) is 6.44. The molecule has 5 heteroatoms. The molecule has 0 saturated heterocycles. The molecule has 0 atom stereocenters. The van der Waals surface area contributed by atoms with Gasteiger partial charge in [0.05, 0.1) is 0 Å². The van der Waals surface area contributed by atoms with Crippen LogP contribution in [0.2, 0.25) is 0 Å². The van der Waals surface area contributed by atoms with Gasteiger partial charge in [-0.15, -0.1) is 0 Å². The third-order valence-electron chi connectivity index (χ3n) is 3.32. The number of hydrogen-bond donors (Lipinski definition) is 1. The quantitative estimate of drug-likeness (QED) is 0.786. The van der Waals surface area contributed by atoms with Crippen LogP contribution in [-0.2, 0) is 4.79 Å². The van der Waals surface area contributed by atoms with Crippen molar-refractivity contribution < 1.29 is 18.3 Å². The van der Waals surface area contributed by atoms with Gasteiger partial charge in [-0.25, -0.2) is 8.78 Å². The first kappa shape index (κ1) is 15.0. The van der Waals surface area contributed by atoms with Crippen LogP contribution in [-0.4, -0.2) is 12.5 Å². The van der Waals surface area contributed by atoms with Crippen molar-refractivity contribution in [3.63, 3.8) is 0 Å². The van der Waals surface area contributed by atoms with Gasteiger partial charge in [-0.05, 0) is 35.0 Å². The maximum Gasteiger partial charge on any atom is 0.262 e. The molecule has 0 saturated carbocycles. The zero-order valence-corrected chi connectivity index (χ0v) is 12.1. The summed E-state index contributed by atoms with van der Waals surface area (Å²) in [6.07, 6.45) is 0. The van der Waals surface area contributed by atoms with Gasteiger partial charge in [-0.3, -0.25) is 4.79 Å². The van der Waals surface area contributed by atoms with Crippen molar-refractivity contribution in [3.05, 3.63) is 72.3 Å². The lowest BCUT2D eigenvalue weighted by Gasteiger charge is -2.09. The summed E-state index contributed by atoms with van der Waals surface area (Å²) >= 11 is 0. The molecule has 3 nitrogen and oxygen atoms in total. The van der Waals surface area contributed by atoms with Crippen LogP contribution in [0.5, 0.6) is 5.75 Å². The van der Waals surface area contributed by atoms with Gasteiger partial charge >= 0.3 is 0 Å². The van der Waals surface area contributed by atoms with Crippen LogP contribution in [0.1, 0.15) is 0 Å². The Morgan fingerprint density at radius 2 is 1.61 bits per heavy atom. The Balaban J connectivity index is 1.66. The van der Waals surface area contributed by atoms with Gasteiger partial charge in [0, 0.05) is 0 Å². The van der Waals surface area contributed by atoms with E-state index in [1.807, 2.05) is 30.3 Å². The van der Waals surface area contributed by atoms with Crippen LogP contribution in [0.15, 0.2) is 60.7 Å².